The van der Waals surface area contributed by atoms with Gasteiger partial charge in [-0.05, 0) is 0 Å². The summed E-state index contributed by atoms with van der Waals surface area (Å²) in [6.07, 6.45) is 0. The second-order valence-electron chi connectivity index (χ2n) is 1.48. The summed E-state index contributed by atoms with van der Waals surface area (Å²) in [5, 5.41) is 0. The summed E-state index contributed by atoms with van der Waals surface area (Å²) in [5.74, 6) is 4.58. The van der Waals surface area contributed by atoms with Crippen LogP contribution < -0.4 is 0 Å². The molecule has 0 spiro atoms. The predicted molar refractivity (Wildman–Crippen MR) is 29.1 cm³/mol. The number of hydrogen-bond donors (Lipinski definition) is 0. The molecule has 0 aliphatic carbocycles. The molecule has 30 valence electrons. The molecule has 0 fully saturated rings. The fourth-order valence-electron chi connectivity index (χ4n) is 0. The van der Waals surface area contributed by atoms with E-state index in [0.717, 1.165) is 0 Å². The molecule has 0 aliphatic heterocycles. The zero-order valence-electron chi connectivity index (χ0n) is 3.86. The molecule has 0 saturated heterocycles. The van der Waals surface area contributed by atoms with Crippen LogP contribution in [0.1, 0.15) is 0 Å². The monoisotopic (exact) mass is 132 g/mol. The molecule has 0 N–H and O–H groups in total. The van der Waals surface area contributed by atoms with Gasteiger partial charge in [-0.2, -0.15) is 0 Å². The molecule has 0 nitrogen and oxygen atoms in total. The number of rotatable bonds is 1. The van der Waals surface area contributed by atoms with Crippen molar-refractivity contribution in [3.63, 3.8) is 0 Å². The molecule has 0 atom stereocenters. The fourth-order valence-corrected chi connectivity index (χ4v) is 0. The van der Waals surface area contributed by atoms with Crippen LogP contribution in [0.25, 0.3) is 0 Å². The summed E-state index contributed by atoms with van der Waals surface area (Å²) in [6.45, 7) is 3.64. The van der Waals surface area contributed by atoms with Crippen molar-refractivity contribution in [1.82, 2.24) is 0 Å². The van der Waals surface area contributed by atoms with Gasteiger partial charge in [0.1, 0.15) is 0 Å². The maximum atomic E-state index is 3.64. The first-order valence-electron chi connectivity index (χ1n) is 1.90. The Morgan fingerprint density at radius 2 is 1.80 bits per heavy atom. The van der Waals surface area contributed by atoms with Gasteiger partial charge < -0.3 is 0 Å². The van der Waals surface area contributed by atoms with E-state index in [1.54, 1.807) is 0 Å². The van der Waals surface area contributed by atoms with Gasteiger partial charge in [-0.15, -0.1) is 0 Å². The summed E-state index contributed by atoms with van der Waals surface area (Å²) in [7, 11) is 0. The quantitative estimate of drug-likeness (QED) is 0.468. The Balaban J connectivity index is 2.83. The molecule has 0 rings (SSSR count). The van der Waals surface area contributed by atoms with Crippen LogP contribution in [0.5, 0.6) is 0 Å². The van der Waals surface area contributed by atoms with Crippen molar-refractivity contribution in [2.75, 3.05) is 0 Å². The zero-order valence-corrected chi connectivity index (χ0v) is 6.28. The second-order valence-corrected chi connectivity index (χ2v) is 7.69. The third-order valence-corrected chi connectivity index (χ3v) is 2.45. The van der Waals surface area contributed by atoms with Crippen LogP contribution >= 0.6 is 0 Å². The molecule has 0 unspecified atom stereocenters. The third-order valence-electron chi connectivity index (χ3n) is 0.471. The van der Waals surface area contributed by atoms with Gasteiger partial charge in [-0.25, -0.2) is 0 Å². The normalized spacial score (nSPS) is 8.60. The summed E-state index contributed by atoms with van der Waals surface area (Å²) in [6, 6.07) is 0. The average molecular weight is 131 g/mol. The van der Waals surface area contributed by atoms with Crippen molar-refractivity contribution in [2.24, 2.45) is 0 Å². The molecule has 0 radical (unpaired) electrons. The molecule has 0 aromatic carbocycles. The first kappa shape index (κ1) is 5.28. The van der Waals surface area contributed by atoms with E-state index < -0.39 is 14.3 Å². The molecular weight excluding hydrogens is 121 g/mol. The molecule has 0 aromatic rings. The van der Waals surface area contributed by atoms with Crippen molar-refractivity contribution in [3.8, 4) is 0 Å². The molecule has 0 aliphatic rings. The fraction of sp³-hybridized carbons (Fsp3) is 0.500. The van der Waals surface area contributed by atoms with Crippen LogP contribution in [0.4, 0.5) is 0 Å². The van der Waals surface area contributed by atoms with Crippen LogP contribution in [0.15, 0.2) is 11.5 Å². The number of hydrogen-bond acceptors (Lipinski definition) is 0. The first-order chi connectivity index (χ1) is 2.27. The van der Waals surface area contributed by atoms with Crippen molar-refractivity contribution in [3.05, 3.63) is 11.5 Å². The van der Waals surface area contributed by atoms with Crippen molar-refractivity contribution in [1.29, 1.82) is 0 Å². The SMILES string of the molecule is C=[CH][GeH]([CH3])[CH3]. The van der Waals surface area contributed by atoms with Gasteiger partial charge in [0, 0.05) is 0 Å². The zero-order chi connectivity index (χ0) is 4.28. The topological polar surface area (TPSA) is 0 Å². The average Bonchev–Trinajstić information content (AvgIpc) is 1.38. The van der Waals surface area contributed by atoms with Crippen molar-refractivity contribution >= 4 is 14.3 Å². The van der Waals surface area contributed by atoms with Gasteiger partial charge in [0.05, 0.1) is 0 Å². The molecule has 0 bridgehead atoms. The Kier molecular flexibility index (Phi) is 2.66. The van der Waals surface area contributed by atoms with Gasteiger partial charge in [-0.3, -0.25) is 0 Å². The summed E-state index contributed by atoms with van der Waals surface area (Å²) in [4.78, 5) is 2.10. The van der Waals surface area contributed by atoms with Gasteiger partial charge in [0.25, 0.3) is 0 Å². The van der Waals surface area contributed by atoms with E-state index in [9.17, 15) is 0 Å². The van der Waals surface area contributed by atoms with E-state index in [1.807, 2.05) is 0 Å². The minimum absolute atomic E-state index is 0.748. The Bertz CT molecular complexity index is 30.6. The Morgan fingerprint density at radius 3 is 1.80 bits per heavy atom. The van der Waals surface area contributed by atoms with Crippen molar-refractivity contribution in [2.45, 2.75) is 11.5 Å². The Hall–Kier alpha value is 0.283. The Labute approximate surface area is 38.0 Å². The molecule has 0 heterocycles. The van der Waals surface area contributed by atoms with E-state index >= 15 is 0 Å². The van der Waals surface area contributed by atoms with Gasteiger partial charge in [0.15, 0.2) is 0 Å². The molecule has 0 amide bonds. The van der Waals surface area contributed by atoms with Crippen LogP contribution in [0.3, 0.4) is 0 Å². The van der Waals surface area contributed by atoms with Gasteiger partial charge >= 0.3 is 37.3 Å². The van der Waals surface area contributed by atoms with Gasteiger partial charge in [-0.1, -0.05) is 0 Å². The van der Waals surface area contributed by atoms with Crippen molar-refractivity contribution < 1.29 is 0 Å². The summed E-state index contributed by atoms with van der Waals surface area (Å²) < 4.78 is 0. The predicted octanol–water partition coefficient (Wildman–Crippen LogP) is 1.20. The molecular formula is C4H10Ge. The van der Waals surface area contributed by atoms with Gasteiger partial charge in [0.2, 0.25) is 0 Å². The third kappa shape index (κ3) is 4.28. The first-order valence-corrected chi connectivity index (χ1v) is 8.14. The van der Waals surface area contributed by atoms with E-state index in [-0.39, 0.29) is 0 Å². The minimum atomic E-state index is -0.748. The molecule has 0 aromatic heterocycles. The molecule has 0 saturated carbocycles. The van der Waals surface area contributed by atoms with Crippen LogP contribution in [0, 0.1) is 0 Å². The Morgan fingerprint density at radius 1 is 1.60 bits per heavy atom. The standard InChI is InChI=1S/C4H10Ge/c1-4-5(2)3/h4-5H,1H2,2-3H3. The van der Waals surface area contributed by atoms with E-state index in [0.29, 0.717) is 0 Å². The van der Waals surface area contributed by atoms with E-state index in [1.165, 1.54) is 0 Å². The second kappa shape index (κ2) is 2.52. The summed E-state index contributed by atoms with van der Waals surface area (Å²) in [5.41, 5.74) is 0. The molecule has 5 heavy (non-hydrogen) atoms. The van der Waals surface area contributed by atoms with E-state index in [2.05, 4.69) is 23.0 Å². The van der Waals surface area contributed by atoms with Crippen LogP contribution in [0.2, 0.25) is 11.5 Å². The van der Waals surface area contributed by atoms with Crippen LogP contribution in [-0.2, 0) is 0 Å². The molecule has 1 heteroatoms. The van der Waals surface area contributed by atoms with E-state index in [4.69, 9.17) is 0 Å². The van der Waals surface area contributed by atoms with Crippen LogP contribution in [-0.4, -0.2) is 14.3 Å². The summed E-state index contributed by atoms with van der Waals surface area (Å²) >= 11 is -0.748. The maximum absolute atomic E-state index is 3.64.